The van der Waals surface area contributed by atoms with Crippen LogP contribution >= 0.6 is 0 Å². The monoisotopic (exact) mass is 235 g/mol. The Hall–Kier alpha value is -1.13. The molecule has 2 rings (SSSR count). The summed E-state index contributed by atoms with van der Waals surface area (Å²) in [5, 5.41) is 12.2. The molecule has 0 atom stereocenters. The van der Waals surface area contributed by atoms with Crippen molar-refractivity contribution in [1.82, 2.24) is 9.88 Å². The van der Waals surface area contributed by atoms with Crippen molar-refractivity contribution in [1.29, 1.82) is 0 Å². The summed E-state index contributed by atoms with van der Waals surface area (Å²) in [6, 6.07) is 4.78. The summed E-state index contributed by atoms with van der Waals surface area (Å²) in [7, 11) is 1.88. The molecule has 1 aliphatic carbocycles. The number of nitrogens with zero attached hydrogens (tertiary/aromatic N) is 2. The topological polar surface area (TPSA) is 48.4 Å². The molecule has 0 aromatic carbocycles. The highest BCUT2D eigenvalue weighted by Crippen LogP contribution is 2.26. The van der Waals surface area contributed by atoms with Gasteiger partial charge in [-0.05, 0) is 30.5 Å². The Morgan fingerprint density at radius 3 is 2.94 bits per heavy atom. The molecule has 1 aromatic heterocycles. The van der Waals surface area contributed by atoms with Gasteiger partial charge in [0, 0.05) is 32.4 Å². The number of aromatic nitrogens is 1. The minimum atomic E-state index is 0.237. The Labute approximate surface area is 103 Å². The lowest BCUT2D eigenvalue weighted by molar-refractivity contribution is 0.0945. The van der Waals surface area contributed by atoms with Gasteiger partial charge in [-0.15, -0.1) is 0 Å². The van der Waals surface area contributed by atoms with Crippen LogP contribution < -0.4 is 5.32 Å². The zero-order valence-corrected chi connectivity index (χ0v) is 10.4. The number of aliphatic hydroxyl groups is 1. The Bertz CT molecular complexity index is 352. The minimum Gasteiger partial charge on any atom is -0.395 e. The van der Waals surface area contributed by atoms with Crippen LogP contribution in [0.5, 0.6) is 0 Å². The molecule has 1 aromatic rings. The summed E-state index contributed by atoms with van der Waals surface area (Å²) >= 11 is 0. The van der Waals surface area contributed by atoms with E-state index in [0.29, 0.717) is 6.04 Å². The van der Waals surface area contributed by atoms with Crippen molar-refractivity contribution in [3.05, 3.63) is 23.9 Å². The summed E-state index contributed by atoms with van der Waals surface area (Å²) < 4.78 is 0. The van der Waals surface area contributed by atoms with Crippen molar-refractivity contribution in [2.75, 3.05) is 25.5 Å². The van der Waals surface area contributed by atoms with Crippen LogP contribution in [0.25, 0.3) is 0 Å². The number of rotatable bonds is 6. The first-order chi connectivity index (χ1) is 8.33. The van der Waals surface area contributed by atoms with E-state index < -0.39 is 0 Å². The maximum absolute atomic E-state index is 9.12. The Balaban J connectivity index is 2.00. The van der Waals surface area contributed by atoms with Gasteiger partial charge >= 0.3 is 0 Å². The van der Waals surface area contributed by atoms with Crippen molar-refractivity contribution in [2.45, 2.75) is 31.8 Å². The lowest BCUT2D eigenvalue weighted by Crippen LogP contribution is -2.41. The first kappa shape index (κ1) is 12.3. The average molecular weight is 235 g/mol. The summed E-state index contributed by atoms with van der Waals surface area (Å²) in [4.78, 5) is 6.58. The first-order valence-corrected chi connectivity index (χ1v) is 6.31. The lowest BCUT2D eigenvalue weighted by atomic mass is 9.91. The predicted octanol–water partition coefficient (Wildman–Crippen LogP) is 1.47. The van der Waals surface area contributed by atoms with Gasteiger partial charge in [0.25, 0.3) is 0 Å². The molecule has 1 aliphatic rings. The van der Waals surface area contributed by atoms with Crippen molar-refractivity contribution in [3.63, 3.8) is 0 Å². The third-order valence-corrected chi connectivity index (χ3v) is 3.44. The highest BCUT2D eigenvalue weighted by molar-refractivity contribution is 5.36. The summed E-state index contributed by atoms with van der Waals surface area (Å²) in [6.45, 7) is 1.91. The van der Waals surface area contributed by atoms with Crippen molar-refractivity contribution in [2.24, 2.45) is 0 Å². The highest BCUT2D eigenvalue weighted by atomic mass is 16.3. The van der Waals surface area contributed by atoms with E-state index in [1.54, 1.807) is 0 Å². The summed E-state index contributed by atoms with van der Waals surface area (Å²) in [6.07, 6.45) is 5.69. The lowest BCUT2D eigenvalue weighted by Gasteiger charge is -2.37. The molecule has 2 N–H and O–H groups in total. The van der Waals surface area contributed by atoms with Gasteiger partial charge in [-0.2, -0.15) is 0 Å². The van der Waals surface area contributed by atoms with E-state index >= 15 is 0 Å². The number of hydrogen-bond acceptors (Lipinski definition) is 4. The van der Waals surface area contributed by atoms with Gasteiger partial charge in [0.1, 0.15) is 5.82 Å². The molecular weight excluding hydrogens is 214 g/mol. The molecule has 4 heteroatoms. The molecule has 0 spiro atoms. The van der Waals surface area contributed by atoms with Gasteiger partial charge in [-0.3, -0.25) is 4.90 Å². The van der Waals surface area contributed by atoms with E-state index in [-0.39, 0.29) is 6.61 Å². The quantitative estimate of drug-likeness (QED) is 0.784. The molecule has 4 nitrogen and oxygen atoms in total. The van der Waals surface area contributed by atoms with E-state index in [2.05, 4.69) is 21.3 Å². The van der Waals surface area contributed by atoms with E-state index in [9.17, 15) is 0 Å². The first-order valence-electron chi connectivity index (χ1n) is 6.31. The highest BCUT2D eigenvalue weighted by Gasteiger charge is 2.24. The van der Waals surface area contributed by atoms with E-state index in [0.717, 1.165) is 18.9 Å². The van der Waals surface area contributed by atoms with Crippen molar-refractivity contribution >= 4 is 5.82 Å². The average Bonchev–Trinajstić information content (AvgIpc) is 2.27. The van der Waals surface area contributed by atoms with Gasteiger partial charge in [0.2, 0.25) is 0 Å². The number of anilines is 1. The minimum absolute atomic E-state index is 0.237. The van der Waals surface area contributed by atoms with Crippen LogP contribution in [0.1, 0.15) is 24.8 Å². The number of aliphatic hydroxyl groups excluding tert-OH is 1. The molecule has 1 heterocycles. The van der Waals surface area contributed by atoms with Crippen molar-refractivity contribution < 1.29 is 5.11 Å². The zero-order chi connectivity index (χ0) is 12.1. The molecule has 0 saturated heterocycles. The second kappa shape index (κ2) is 5.98. The zero-order valence-electron chi connectivity index (χ0n) is 10.4. The van der Waals surface area contributed by atoms with Crippen molar-refractivity contribution in [3.8, 4) is 0 Å². The van der Waals surface area contributed by atoms with Crippen LogP contribution in [0.3, 0.4) is 0 Å². The molecule has 0 radical (unpaired) electrons. The van der Waals surface area contributed by atoms with Gasteiger partial charge in [0.05, 0.1) is 6.61 Å². The maximum atomic E-state index is 9.12. The van der Waals surface area contributed by atoms with Crippen LogP contribution in [-0.2, 0) is 6.54 Å². The smallest absolute Gasteiger partial charge is 0.125 e. The van der Waals surface area contributed by atoms with Gasteiger partial charge in [-0.25, -0.2) is 4.98 Å². The summed E-state index contributed by atoms with van der Waals surface area (Å²) in [5.41, 5.74) is 1.25. The van der Waals surface area contributed by atoms with E-state index in [4.69, 9.17) is 5.11 Å². The van der Waals surface area contributed by atoms with Gasteiger partial charge < -0.3 is 10.4 Å². The van der Waals surface area contributed by atoms with Gasteiger partial charge in [-0.1, -0.05) is 6.42 Å². The number of hydrogen-bond donors (Lipinski definition) is 2. The molecule has 0 unspecified atom stereocenters. The van der Waals surface area contributed by atoms with Crippen LogP contribution in [0.2, 0.25) is 0 Å². The Kier molecular flexibility index (Phi) is 4.34. The Morgan fingerprint density at radius 2 is 2.35 bits per heavy atom. The molecule has 1 fully saturated rings. The van der Waals surface area contributed by atoms with Crippen LogP contribution in [0.4, 0.5) is 5.82 Å². The van der Waals surface area contributed by atoms with E-state index in [1.807, 2.05) is 19.3 Å². The Morgan fingerprint density at radius 1 is 1.53 bits per heavy atom. The fourth-order valence-corrected chi connectivity index (χ4v) is 2.21. The molecule has 1 saturated carbocycles. The molecule has 0 bridgehead atoms. The maximum Gasteiger partial charge on any atom is 0.125 e. The second-order valence-electron chi connectivity index (χ2n) is 4.58. The molecular formula is C13H21N3O. The standard InChI is InChI=1S/C13H21N3O/c1-14-13-9-11(5-6-15-13)10-16(7-8-17)12-3-2-4-12/h5-6,9,12,17H,2-4,7-8,10H2,1H3,(H,14,15). The summed E-state index contributed by atoms with van der Waals surface area (Å²) in [5.74, 6) is 0.903. The SMILES string of the molecule is CNc1cc(CN(CCO)C2CCC2)ccn1. The molecule has 17 heavy (non-hydrogen) atoms. The van der Waals surface area contributed by atoms with Crippen LogP contribution in [0, 0.1) is 0 Å². The third-order valence-electron chi connectivity index (χ3n) is 3.44. The van der Waals surface area contributed by atoms with Crippen LogP contribution in [0.15, 0.2) is 18.3 Å². The number of nitrogens with one attached hydrogen (secondary N) is 1. The van der Waals surface area contributed by atoms with Gasteiger partial charge in [0.15, 0.2) is 0 Å². The van der Waals surface area contributed by atoms with Crippen LogP contribution in [-0.4, -0.2) is 41.2 Å². The molecule has 0 aliphatic heterocycles. The second-order valence-corrected chi connectivity index (χ2v) is 4.58. The molecule has 0 amide bonds. The normalized spacial score (nSPS) is 15.9. The largest absolute Gasteiger partial charge is 0.395 e. The van der Waals surface area contributed by atoms with E-state index in [1.165, 1.54) is 24.8 Å². The fourth-order valence-electron chi connectivity index (χ4n) is 2.21. The third kappa shape index (κ3) is 3.17. The predicted molar refractivity (Wildman–Crippen MR) is 68.9 cm³/mol. The number of pyridine rings is 1. The molecule has 94 valence electrons. The fraction of sp³-hybridized carbons (Fsp3) is 0.615.